The normalized spacial score (nSPS) is 15.2. The lowest BCUT2D eigenvalue weighted by Crippen LogP contribution is -2.15. The topological polar surface area (TPSA) is 9.23 Å². The Morgan fingerprint density at radius 3 is 1.31 bits per heavy atom. The number of rotatable bonds is 15. The van der Waals surface area contributed by atoms with Crippen molar-refractivity contribution in [2.75, 3.05) is 13.2 Å². The first kappa shape index (κ1) is 30.4. The number of ether oxygens (including phenoxy) is 1. The summed E-state index contributed by atoms with van der Waals surface area (Å²) < 4.78 is 5.18. The third-order valence-corrected chi connectivity index (χ3v) is 5.85. The molecule has 1 heteroatoms. The molecule has 0 N–H and O–H groups in total. The lowest BCUT2D eigenvalue weighted by atomic mass is 10.0. The van der Waals surface area contributed by atoms with Crippen LogP contribution in [0, 0.1) is 7.43 Å². The van der Waals surface area contributed by atoms with Crippen molar-refractivity contribution in [3.63, 3.8) is 0 Å². The highest BCUT2D eigenvalue weighted by Crippen LogP contribution is 2.15. The van der Waals surface area contributed by atoms with Crippen molar-refractivity contribution < 1.29 is 4.74 Å². The second-order valence-electron chi connectivity index (χ2n) is 9.57. The molecule has 1 aliphatic heterocycles. The average Bonchev–Trinajstić information content (AvgIpc) is 2.67. The number of hydrogen-bond acceptors (Lipinski definition) is 1. The molecule has 0 aromatic heterocycles. The van der Waals surface area contributed by atoms with Gasteiger partial charge in [-0.05, 0) is 111 Å². The zero-order chi connectivity index (χ0) is 22.9. The van der Waals surface area contributed by atoms with Crippen LogP contribution in [0.5, 0.6) is 0 Å². The van der Waals surface area contributed by atoms with Crippen LogP contribution in [0.15, 0.2) is 69.9 Å². The molecule has 0 unspecified atom stereocenters. The van der Waals surface area contributed by atoms with E-state index in [0.717, 1.165) is 19.6 Å². The van der Waals surface area contributed by atoms with Crippen LogP contribution in [0.3, 0.4) is 0 Å². The fourth-order valence-electron chi connectivity index (χ4n) is 3.59. The van der Waals surface area contributed by atoms with E-state index in [0.29, 0.717) is 0 Å². The minimum atomic E-state index is 0. The highest BCUT2D eigenvalue weighted by molar-refractivity contribution is 5.11. The Bertz CT molecular complexity index is 684. The van der Waals surface area contributed by atoms with E-state index in [-0.39, 0.29) is 7.43 Å². The van der Waals surface area contributed by atoms with Gasteiger partial charge in [-0.15, -0.1) is 0 Å². The molecule has 1 aliphatic rings. The summed E-state index contributed by atoms with van der Waals surface area (Å²) >= 11 is 0. The summed E-state index contributed by atoms with van der Waals surface area (Å²) in [6.07, 6.45) is 26.2. The second kappa shape index (κ2) is 18.9. The van der Waals surface area contributed by atoms with Crippen LogP contribution in [0.2, 0.25) is 0 Å². The summed E-state index contributed by atoms with van der Waals surface area (Å²) in [4.78, 5) is 0. The quantitative estimate of drug-likeness (QED) is 0.183. The molecule has 1 fully saturated rings. The Labute approximate surface area is 201 Å². The molecular formula is C31H48O. The summed E-state index contributed by atoms with van der Waals surface area (Å²) in [6, 6.07) is 0. The van der Waals surface area contributed by atoms with E-state index in [1.807, 2.05) is 0 Å². The summed E-state index contributed by atoms with van der Waals surface area (Å²) in [5.41, 5.74) is 8.99. The van der Waals surface area contributed by atoms with Gasteiger partial charge in [0.15, 0.2) is 0 Å². The van der Waals surface area contributed by atoms with Gasteiger partial charge in [0.05, 0.1) is 13.2 Å². The SMILES string of the molecule is CC(C)=CCC/C(C)=C/CC/C(C)=C/CC/C=C(\C)CC/C=C(\C)CCC=C1COC1.[C]. The fourth-order valence-corrected chi connectivity index (χ4v) is 3.59. The molecule has 32 heavy (non-hydrogen) atoms. The molecule has 0 amide bonds. The van der Waals surface area contributed by atoms with Gasteiger partial charge in [-0.3, -0.25) is 0 Å². The van der Waals surface area contributed by atoms with Crippen molar-refractivity contribution >= 4 is 0 Å². The minimum Gasteiger partial charge on any atom is -0.373 e. The predicted molar refractivity (Wildman–Crippen MR) is 143 cm³/mol. The van der Waals surface area contributed by atoms with E-state index in [1.54, 1.807) is 0 Å². The highest BCUT2D eigenvalue weighted by atomic mass is 16.5. The third kappa shape index (κ3) is 17.0. The van der Waals surface area contributed by atoms with Gasteiger partial charge >= 0.3 is 0 Å². The van der Waals surface area contributed by atoms with Crippen molar-refractivity contribution in [1.29, 1.82) is 0 Å². The van der Waals surface area contributed by atoms with E-state index in [9.17, 15) is 0 Å². The van der Waals surface area contributed by atoms with Crippen LogP contribution >= 0.6 is 0 Å². The molecule has 1 nitrogen and oxygen atoms in total. The van der Waals surface area contributed by atoms with Gasteiger partial charge in [-0.2, -0.15) is 0 Å². The van der Waals surface area contributed by atoms with Gasteiger partial charge in [0.2, 0.25) is 0 Å². The van der Waals surface area contributed by atoms with Gasteiger partial charge in [-0.1, -0.05) is 64.3 Å². The molecule has 0 atom stereocenters. The molecular weight excluding hydrogens is 388 g/mol. The average molecular weight is 437 g/mol. The molecule has 4 radical (unpaired) electrons. The lowest BCUT2D eigenvalue weighted by molar-refractivity contribution is 0.102. The van der Waals surface area contributed by atoms with Crippen LogP contribution in [-0.4, -0.2) is 13.2 Å². The van der Waals surface area contributed by atoms with E-state index in [1.165, 1.54) is 91.2 Å². The van der Waals surface area contributed by atoms with E-state index in [2.05, 4.69) is 78.0 Å². The van der Waals surface area contributed by atoms with Crippen molar-refractivity contribution in [1.82, 2.24) is 0 Å². The van der Waals surface area contributed by atoms with Crippen molar-refractivity contribution in [2.24, 2.45) is 0 Å². The van der Waals surface area contributed by atoms with E-state index in [4.69, 9.17) is 4.74 Å². The fraction of sp³-hybridized carbons (Fsp3) is 0.581. The number of hydrogen-bond donors (Lipinski definition) is 0. The molecule has 1 heterocycles. The smallest absolute Gasteiger partial charge is 0.0703 e. The van der Waals surface area contributed by atoms with Crippen molar-refractivity contribution in [3.8, 4) is 0 Å². The van der Waals surface area contributed by atoms with Crippen LogP contribution in [0.25, 0.3) is 0 Å². The van der Waals surface area contributed by atoms with Crippen LogP contribution in [0.1, 0.15) is 106 Å². The molecule has 0 aromatic carbocycles. The van der Waals surface area contributed by atoms with Gasteiger partial charge in [0.25, 0.3) is 0 Å². The van der Waals surface area contributed by atoms with Gasteiger partial charge < -0.3 is 4.74 Å². The molecule has 0 aromatic rings. The van der Waals surface area contributed by atoms with Gasteiger partial charge in [-0.25, -0.2) is 0 Å². The largest absolute Gasteiger partial charge is 0.373 e. The molecule has 0 saturated carbocycles. The first-order valence-corrected chi connectivity index (χ1v) is 12.4. The number of unbranched alkanes of at least 4 members (excludes halogenated alkanes) is 1. The van der Waals surface area contributed by atoms with Crippen molar-refractivity contribution in [2.45, 2.75) is 106 Å². The Morgan fingerprint density at radius 2 is 0.938 bits per heavy atom. The van der Waals surface area contributed by atoms with Crippen LogP contribution in [0.4, 0.5) is 0 Å². The van der Waals surface area contributed by atoms with Crippen LogP contribution in [-0.2, 0) is 4.74 Å². The maximum atomic E-state index is 5.18. The molecule has 0 aliphatic carbocycles. The third-order valence-electron chi connectivity index (χ3n) is 5.85. The Hall–Kier alpha value is -1.60. The Morgan fingerprint density at radius 1 is 0.562 bits per heavy atom. The number of allylic oxidation sites excluding steroid dienone is 11. The minimum absolute atomic E-state index is 0. The van der Waals surface area contributed by atoms with Crippen molar-refractivity contribution in [3.05, 3.63) is 77.3 Å². The zero-order valence-corrected chi connectivity index (χ0v) is 21.9. The van der Waals surface area contributed by atoms with Crippen LogP contribution < -0.4 is 0 Å². The molecule has 1 rings (SSSR count). The van der Waals surface area contributed by atoms with E-state index < -0.39 is 0 Å². The predicted octanol–water partition coefficient (Wildman–Crippen LogP) is 9.68. The Balaban J connectivity index is 0.00000961. The zero-order valence-electron chi connectivity index (χ0n) is 21.9. The maximum absolute atomic E-state index is 5.18. The monoisotopic (exact) mass is 436 g/mol. The highest BCUT2D eigenvalue weighted by Gasteiger charge is 2.06. The Kier molecular flexibility index (Phi) is 18.0. The molecule has 1 saturated heterocycles. The molecule has 178 valence electrons. The van der Waals surface area contributed by atoms with E-state index >= 15 is 0 Å². The summed E-state index contributed by atoms with van der Waals surface area (Å²) in [5.74, 6) is 0. The van der Waals surface area contributed by atoms with Gasteiger partial charge in [0, 0.05) is 7.43 Å². The summed E-state index contributed by atoms with van der Waals surface area (Å²) in [6.45, 7) is 15.2. The standard InChI is InChI=1S/C30H48O.C/c1-25(2)13-9-16-28(5)19-10-17-26(3)14-7-8-15-27(4)18-11-20-29(6)21-12-22-30-23-31-24-30;/h13-15,19-20,22H,7-12,16-18,21,23-24H2,1-6H3;/b26-14+,27-15+,28-19+,29-20+;. The summed E-state index contributed by atoms with van der Waals surface area (Å²) in [7, 11) is 0. The molecule has 0 spiro atoms. The second-order valence-corrected chi connectivity index (χ2v) is 9.57. The first-order chi connectivity index (χ1) is 14.9. The first-order valence-electron chi connectivity index (χ1n) is 12.4. The molecule has 0 bridgehead atoms. The summed E-state index contributed by atoms with van der Waals surface area (Å²) in [5, 5.41) is 0. The lowest BCUT2D eigenvalue weighted by Gasteiger charge is -2.17. The van der Waals surface area contributed by atoms with Gasteiger partial charge in [0.1, 0.15) is 0 Å². The maximum Gasteiger partial charge on any atom is 0.0703 e.